The highest BCUT2D eigenvalue weighted by Crippen LogP contribution is 2.41. The molecule has 1 aliphatic rings. The molecule has 7 heteroatoms. The molecular weight excluding hydrogens is 358 g/mol. The van der Waals surface area contributed by atoms with Crippen LogP contribution in [0.3, 0.4) is 0 Å². The van der Waals surface area contributed by atoms with Crippen molar-refractivity contribution in [1.29, 1.82) is 0 Å². The Kier molecular flexibility index (Phi) is 5.02. The molecule has 7 nitrogen and oxygen atoms in total. The van der Waals surface area contributed by atoms with Crippen LogP contribution < -0.4 is 4.90 Å². The second kappa shape index (κ2) is 7.14. The van der Waals surface area contributed by atoms with Crippen molar-refractivity contribution in [2.24, 2.45) is 4.99 Å². The van der Waals surface area contributed by atoms with Gasteiger partial charge in [0.25, 0.3) is 0 Å². The Hall–Kier alpha value is -3.09. The number of hydrogen-bond acceptors (Lipinski definition) is 3. The van der Waals surface area contributed by atoms with Crippen LogP contribution >= 0.6 is 0 Å². The molecule has 2 aromatic carbocycles. The molecule has 2 aromatic rings. The van der Waals surface area contributed by atoms with Crippen molar-refractivity contribution >= 4 is 34.6 Å². The van der Waals surface area contributed by atoms with E-state index < -0.39 is 17.8 Å². The third kappa shape index (κ3) is 3.78. The van der Waals surface area contributed by atoms with Gasteiger partial charge >= 0.3 is 12.2 Å². The number of carbonyl (C=O) groups is 2. The average Bonchev–Trinajstić information content (AvgIpc) is 2.94. The van der Waals surface area contributed by atoms with Crippen molar-refractivity contribution in [3.63, 3.8) is 0 Å². The zero-order valence-corrected chi connectivity index (χ0v) is 16.8. The minimum Gasteiger partial charge on any atom is -0.465 e. The van der Waals surface area contributed by atoms with Gasteiger partial charge in [-0.25, -0.2) is 9.59 Å². The molecule has 0 fully saturated rings. The molecule has 3 rings (SSSR count). The smallest absolute Gasteiger partial charge is 0.437 e. The van der Waals surface area contributed by atoms with E-state index in [1.165, 1.54) is 7.05 Å². The Morgan fingerprint density at radius 3 is 2.54 bits per heavy atom. The Labute approximate surface area is 164 Å². The summed E-state index contributed by atoms with van der Waals surface area (Å²) < 4.78 is 5.27. The summed E-state index contributed by atoms with van der Waals surface area (Å²) in [5, 5.41) is 11.7. The monoisotopic (exact) mass is 383 g/mol. The number of carbonyl (C=O) groups excluding carboxylic acids is 1. The van der Waals surface area contributed by atoms with Gasteiger partial charge in [-0.15, -0.1) is 4.99 Å². The summed E-state index contributed by atoms with van der Waals surface area (Å²) in [4.78, 5) is 30.7. The van der Waals surface area contributed by atoms with Crippen LogP contribution in [0, 0.1) is 0 Å². The number of guanidine groups is 1. The number of hydrogen-bond donors (Lipinski definition) is 1. The highest BCUT2D eigenvalue weighted by Gasteiger charge is 2.34. The third-order valence-electron chi connectivity index (χ3n) is 4.60. The fraction of sp³-hybridized carbons (Fsp3) is 0.381. The number of rotatable bonds is 0. The van der Waals surface area contributed by atoms with Crippen molar-refractivity contribution in [1.82, 2.24) is 4.90 Å². The highest BCUT2D eigenvalue weighted by atomic mass is 16.6. The number of ether oxygens (including phenoxy) is 1. The molecule has 0 saturated heterocycles. The minimum atomic E-state index is -1.20. The first-order chi connectivity index (χ1) is 13.1. The Balaban J connectivity index is 2.09. The van der Waals surface area contributed by atoms with Crippen LogP contribution in [0.25, 0.3) is 10.8 Å². The van der Waals surface area contributed by atoms with Crippen LogP contribution in [0.4, 0.5) is 15.3 Å². The average molecular weight is 383 g/mol. The van der Waals surface area contributed by atoms with Crippen molar-refractivity contribution in [3.8, 4) is 0 Å². The molecule has 28 heavy (non-hydrogen) atoms. The van der Waals surface area contributed by atoms with Gasteiger partial charge in [0.15, 0.2) is 0 Å². The largest absolute Gasteiger partial charge is 0.465 e. The second-order valence-corrected chi connectivity index (χ2v) is 7.96. The molecule has 1 aliphatic heterocycles. The molecule has 2 amide bonds. The van der Waals surface area contributed by atoms with Crippen molar-refractivity contribution in [2.45, 2.75) is 39.2 Å². The summed E-state index contributed by atoms with van der Waals surface area (Å²) in [6.07, 6.45) is -2.03. The third-order valence-corrected chi connectivity index (χ3v) is 4.60. The molecule has 0 aliphatic carbocycles. The molecule has 0 saturated carbocycles. The van der Waals surface area contributed by atoms with Gasteiger partial charge in [-0.2, -0.15) is 0 Å². The van der Waals surface area contributed by atoms with Crippen molar-refractivity contribution in [3.05, 3.63) is 42.0 Å². The van der Waals surface area contributed by atoms with E-state index in [1.54, 1.807) is 25.7 Å². The number of anilines is 1. The number of fused-ring (bicyclic) bond motifs is 3. The van der Waals surface area contributed by atoms with Gasteiger partial charge in [0.05, 0.1) is 0 Å². The maximum atomic E-state index is 12.3. The van der Waals surface area contributed by atoms with E-state index in [4.69, 9.17) is 4.74 Å². The van der Waals surface area contributed by atoms with E-state index in [1.807, 2.05) is 30.3 Å². The maximum absolute atomic E-state index is 12.3. The van der Waals surface area contributed by atoms with E-state index in [0.717, 1.165) is 26.9 Å². The number of amides is 2. The van der Waals surface area contributed by atoms with Crippen LogP contribution in [0.2, 0.25) is 0 Å². The van der Waals surface area contributed by atoms with Crippen LogP contribution in [-0.2, 0) is 4.74 Å². The van der Waals surface area contributed by atoms with Gasteiger partial charge in [-0.1, -0.05) is 37.3 Å². The summed E-state index contributed by atoms with van der Waals surface area (Å²) in [5.74, 6) is 0.176. The summed E-state index contributed by atoms with van der Waals surface area (Å²) in [5.41, 5.74) is 1.25. The van der Waals surface area contributed by atoms with Crippen LogP contribution in [0.5, 0.6) is 0 Å². The van der Waals surface area contributed by atoms with Crippen LogP contribution in [0.1, 0.15) is 39.2 Å². The Bertz CT molecular complexity index is 962. The summed E-state index contributed by atoms with van der Waals surface area (Å²) in [7, 11) is 1.37. The Morgan fingerprint density at radius 2 is 1.89 bits per heavy atom. The first kappa shape index (κ1) is 19.7. The van der Waals surface area contributed by atoms with Gasteiger partial charge in [0.2, 0.25) is 5.96 Å². The number of benzene rings is 2. The SMILES string of the molecule is CC1CN(C(=NC(=O)OC(C)(C)C)N(C)C(=O)O)c2ccc3ccccc3c21. The summed E-state index contributed by atoms with van der Waals surface area (Å²) in [6, 6.07) is 12.0. The van der Waals surface area contributed by atoms with Crippen molar-refractivity contribution < 1.29 is 19.4 Å². The zero-order chi connectivity index (χ0) is 20.6. The second-order valence-electron chi connectivity index (χ2n) is 7.96. The van der Waals surface area contributed by atoms with Gasteiger partial charge in [-0.3, -0.25) is 4.90 Å². The summed E-state index contributed by atoms with van der Waals surface area (Å²) >= 11 is 0. The number of nitrogens with zero attached hydrogens (tertiary/aromatic N) is 3. The quantitative estimate of drug-likeness (QED) is 0.528. The standard InChI is InChI=1S/C21H25N3O4/c1-13-12-24(16-11-10-14-8-6-7-9-15(14)17(13)16)18(23(5)20(26)27)22-19(25)28-21(2,3)4/h6-11,13H,12H2,1-5H3,(H,26,27). The molecule has 0 radical (unpaired) electrons. The topological polar surface area (TPSA) is 82.4 Å². The molecule has 1 N–H and O–H groups in total. The van der Waals surface area contributed by atoms with E-state index >= 15 is 0 Å². The fourth-order valence-electron chi connectivity index (χ4n) is 3.46. The van der Waals surface area contributed by atoms with Gasteiger partial charge in [0, 0.05) is 25.2 Å². The lowest BCUT2D eigenvalue weighted by Gasteiger charge is -2.27. The lowest BCUT2D eigenvalue weighted by Crippen LogP contribution is -2.45. The van der Waals surface area contributed by atoms with E-state index in [9.17, 15) is 14.7 Å². The predicted octanol–water partition coefficient (Wildman–Crippen LogP) is 4.66. The molecule has 0 spiro atoms. The van der Waals surface area contributed by atoms with E-state index in [0.29, 0.717) is 6.54 Å². The minimum absolute atomic E-state index is 0.0302. The predicted molar refractivity (Wildman–Crippen MR) is 109 cm³/mol. The molecule has 1 unspecified atom stereocenters. The van der Waals surface area contributed by atoms with E-state index in [2.05, 4.69) is 18.0 Å². The molecule has 0 bridgehead atoms. The van der Waals surface area contributed by atoms with Gasteiger partial charge < -0.3 is 14.7 Å². The number of aliphatic imine (C=N–C) groups is 1. The first-order valence-electron chi connectivity index (χ1n) is 9.16. The molecule has 0 aromatic heterocycles. The molecule has 1 heterocycles. The lowest BCUT2D eigenvalue weighted by molar-refractivity contribution is 0.0602. The normalized spacial score (nSPS) is 16.8. The lowest BCUT2D eigenvalue weighted by atomic mass is 9.96. The van der Waals surface area contributed by atoms with Gasteiger partial charge in [-0.05, 0) is 43.2 Å². The molecule has 1 atom stereocenters. The highest BCUT2D eigenvalue weighted by molar-refractivity contribution is 6.09. The van der Waals surface area contributed by atoms with Crippen molar-refractivity contribution in [2.75, 3.05) is 18.5 Å². The summed E-state index contributed by atoms with van der Waals surface area (Å²) in [6.45, 7) is 7.81. The number of carboxylic acid groups (broad SMARTS) is 1. The maximum Gasteiger partial charge on any atom is 0.437 e. The molecule has 148 valence electrons. The molecular formula is C21H25N3O4. The van der Waals surface area contributed by atoms with Crippen LogP contribution in [0.15, 0.2) is 41.4 Å². The first-order valence-corrected chi connectivity index (χ1v) is 9.16. The van der Waals surface area contributed by atoms with E-state index in [-0.39, 0.29) is 11.9 Å². The van der Waals surface area contributed by atoms with Crippen LogP contribution in [-0.4, -0.2) is 47.3 Å². The van der Waals surface area contributed by atoms with Gasteiger partial charge in [0.1, 0.15) is 5.60 Å². The zero-order valence-electron chi connectivity index (χ0n) is 16.8. The fourth-order valence-corrected chi connectivity index (χ4v) is 3.46. The Morgan fingerprint density at radius 1 is 1.21 bits per heavy atom.